The van der Waals surface area contributed by atoms with E-state index in [1.807, 2.05) is 18.0 Å². The summed E-state index contributed by atoms with van der Waals surface area (Å²) in [5.41, 5.74) is 7.04. The van der Waals surface area contributed by atoms with Crippen LogP contribution in [-0.2, 0) is 6.54 Å². The van der Waals surface area contributed by atoms with Crippen molar-refractivity contribution in [3.05, 3.63) is 29.6 Å². The van der Waals surface area contributed by atoms with Gasteiger partial charge in [0, 0.05) is 19.1 Å². The summed E-state index contributed by atoms with van der Waals surface area (Å²) < 4.78 is 13.9. The summed E-state index contributed by atoms with van der Waals surface area (Å²) in [7, 11) is 1.92. The predicted octanol–water partition coefficient (Wildman–Crippen LogP) is 2.91. The summed E-state index contributed by atoms with van der Waals surface area (Å²) in [5, 5.41) is 0. The molecule has 0 aromatic heterocycles. The number of hydrogen-bond donors (Lipinski definition) is 1. The van der Waals surface area contributed by atoms with Crippen molar-refractivity contribution in [2.75, 3.05) is 11.9 Å². The molecule has 0 spiro atoms. The molecule has 0 saturated carbocycles. The number of benzene rings is 1. The molecule has 16 heavy (non-hydrogen) atoms. The molecule has 0 aliphatic heterocycles. The lowest BCUT2D eigenvalue weighted by Gasteiger charge is -2.38. The van der Waals surface area contributed by atoms with Gasteiger partial charge in [-0.3, -0.25) is 0 Å². The molecule has 0 atom stereocenters. The average Bonchev–Trinajstić information content (AvgIpc) is 2.27. The highest BCUT2D eigenvalue weighted by atomic mass is 19.1. The molecular formula is C13H21FN2. The zero-order valence-electron chi connectivity index (χ0n) is 10.5. The molecule has 2 N–H and O–H groups in total. The molecule has 0 aliphatic rings. The van der Waals surface area contributed by atoms with E-state index in [4.69, 9.17) is 5.73 Å². The van der Waals surface area contributed by atoms with E-state index in [0.717, 1.165) is 12.0 Å². The lowest BCUT2D eigenvalue weighted by atomic mass is 9.97. The minimum Gasteiger partial charge on any atom is -0.367 e. The highest BCUT2D eigenvalue weighted by Gasteiger charge is 2.25. The zero-order valence-corrected chi connectivity index (χ0v) is 10.5. The topological polar surface area (TPSA) is 29.3 Å². The van der Waals surface area contributed by atoms with Crippen molar-refractivity contribution in [2.45, 2.75) is 39.3 Å². The standard InChI is InChI=1S/C13H21FN2/c1-5-13(2,3)16(4)12-10(9-15)7-6-8-11(12)14/h6-8H,5,9,15H2,1-4H3. The van der Waals surface area contributed by atoms with Gasteiger partial charge < -0.3 is 10.6 Å². The quantitative estimate of drug-likeness (QED) is 0.852. The Labute approximate surface area is 97.3 Å². The molecule has 0 amide bonds. The van der Waals surface area contributed by atoms with Crippen molar-refractivity contribution in [1.82, 2.24) is 0 Å². The van der Waals surface area contributed by atoms with E-state index in [-0.39, 0.29) is 11.4 Å². The van der Waals surface area contributed by atoms with Gasteiger partial charge in [-0.25, -0.2) is 4.39 Å². The van der Waals surface area contributed by atoms with Crippen LogP contribution >= 0.6 is 0 Å². The number of anilines is 1. The largest absolute Gasteiger partial charge is 0.367 e. The van der Waals surface area contributed by atoms with Crippen LogP contribution < -0.4 is 10.6 Å². The number of nitrogens with zero attached hydrogens (tertiary/aromatic N) is 1. The van der Waals surface area contributed by atoms with Crippen LogP contribution in [-0.4, -0.2) is 12.6 Å². The minimum atomic E-state index is -0.202. The second kappa shape index (κ2) is 4.83. The third kappa shape index (κ3) is 2.35. The lowest BCUT2D eigenvalue weighted by Crippen LogP contribution is -2.41. The number of rotatable bonds is 4. The van der Waals surface area contributed by atoms with Crippen molar-refractivity contribution in [3.8, 4) is 0 Å². The molecule has 0 fully saturated rings. The summed E-state index contributed by atoms with van der Waals surface area (Å²) in [5.74, 6) is -0.202. The molecule has 0 unspecified atom stereocenters. The van der Waals surface area contributed by atoms with Gasteiger partial charge in [-0.15, -0.1) is 0 Å². The summed E-state index contributed by atoms with van der Waals surface area (Å²) in [6.45, 7) is 6.65. The molecular weight excluding hydrogens is 203 g/mol. The third-order valence-electron chi connectivity index (χ3n) is 3.40. The number of halogens is 1. The number of nitrogens with two attached hydrogens (primary N) is 1. The molecule has 1 aromatic rings. The maximum Gasteiger partial charge on any atom is 0.146 e. The maximum absolute atomic E-state index is 13.9. The van der Waals surface area contributed by atoms with Crippen molar-refractivity contribution < 1.29 is 4.39 Å². The number of hydrogen-bond acceptors (Lipinski definition) is 2. The molecule has 0 aliphatic carbocycles. The Kier molecular flexibility index (Phi) is 3.92. The van der Waals surface area contributed by atoms with Crippen LogP contribution in [0.3, 0.4) is 0 Å². The summed E-state index contributed by atoms with van der Waals surface area (Å²) in [6, 6.07) is 5.06. The Bertz CT molecular complexity index is 361. The fraction of sp³-hybridized carbons (Fsp3) is 0.538. The first kappa shape index (κ1) is 13.0. The van der Waals surface area contributed by atoms with E-state index in [0.29, 0.717) is 12.2 Å². The van der Waals surface area contributed by atoms with E-state index in [1.165, 1.54) is 6.07 Å². The van der Waals surface area contributed by atoms with Gasteiger partial charge >= 0.3 is 0 Å². The first-order valence-electron chi connectivity index (χ1n) is 5.65. The third-order valence-corrected chi connectivity index (χ3v) is 3.40. The first-order chi connectivity index (χ1) is 7.44. The Morgan fingerprint density at radius 2 is 2.00 bits per heavy atom. The molecule has 2 nitrogen and oxygen atoms in total. The molecule has 1 aromatic carbocycles. The van der Waals surface area contributed by atoms with Gasteiger partial charge in [0.05, 0.1) is 5.69 Å². The van der Waals surface area contributed by atoms with Gasteiger partial charge in [0.15, 0.2) is 0 Å². The normalized spacial score (nSPS) is 11.6. The van der Waals surface area contributed by atoms with E-state index >= 15 is 0 Å². The number of para-hydroxylation sites is 1. The fourth-order valence-corrected chi connectivity index (χ4v) is 1.64. The van der Waals surface area contributed by atoms with Gasteiger partial charge in [0.25, 0.3) is 0 Å². The first-order valence-corrected chi connectivity index (χ1v) is 5.65. The van der Waals surface area contributed by atoms with Crippen LogP contribution in [0.25, 0.3) is 0 Å². The van der Waals surface area contributed by atoms with Crippen molar-refractivity contribution >= 4 is 5.69 Å². The van der Waals surface area contributed by atoms with Crippen LogP contribution in [0, 0.1) is 5.82 Å². The van der Waals surface area contributed by atoms with Crippen molar-refractivity contribution in [1.29, 1.82) is 0 Å². The molecule has 3 heteroatoms. The van der Waals surface area contributed by atoms with Crippen LogP contribution in [0.1, 0.15) is 32.8 Å². The van der Waals surface area contributed by atoms with Crippen LogP contribution in [0.2, 0.25) is 0 Å². The Morgan fingerprint density at radius 3 is 2.50 bits per heavy atom. The Hall–Kier alpha value is -1.09. The van der Waals surface area contributed by atoms with Crippen LogP contribution in [0.4, 0.5) is 10.1 Å². The monoisotopic (exact) mass is 224 g/mol. The Balaban J connectivity index is 3.21. The molecule has 1 rings (SSSR count). The molecule has 0 saturated heterocycles. The van der Waals surface area contributed by atoms with E-state index in [1.54, 1.807) is 6.07 Å². The fourth-order valence-electron chi connectivity index (χ4n) is 1.64. The highest BCUT2D eigenvalue weighted by molar-refractivity contribution is 5.56. The molecule has 0 heterocycles. The summed E-state index contributed by atoms with van der Waals surface area (Å²) in [4.78, 5) is 1.98. The molecule has 0 bridgehead atoms. The average molecular weight is 224 g/mol. The second-order valence-electron chi connectivity index (χ2n) is 4.68. The predicted molar refractivity (Wildman–Crippen MR) is 67.1 cm³/mol. The van der Waals surface area contributed by atoms with Gasteiger partial charge in [-0.2, -0.15) is 0 Å². The van der Waals surface area contributed by atoms with Crippen molar-refractivity contribution in [2.24, 2.45) is 5.73 Å². The lowest BCUT2D eigenvalue weighted by molar-refractivity contribution is 0.461. The van der Waals surface area contributed by atoms with Gasteiger partial charge in [0.2, 0.25) is 0 Å². The summed E-state index contributed by atoms with van der Waals surface area (Å²) >= 11 is 0. The maximum atomic E-state index is 13.9. The Morgan fingerprint density at radius 1 is 1.38 bits per heavy atom. The van der Waals surface area contributed by atoms with Crippen LogP contribution in [0.5, 0.6) is 0 Å². The van der Waals surface area contributed by atoms with Gasteiger partial charge in [-0.05, 0) is 31.9 Å². The van der Waals surface area contributed by atoms with Gasteiger partial charge in [-0.1, -0.05) is 19.1 Å². The minimum absolute atomic E-state index is 0.0773. The smallest absolute Gasteiger partial charge is 0.146 e. The summed E-state index contributed by atoms with van der Waals surface area (Å²) in [6.07, 6.45) is 0.946. The zero-order chi connectivity index (χ0) is 12.3. The van der Waals surface area contributed by atoms with E-state index in [9.17, 15) is 4.39 Å². The SMILES string of the molecule is CCC(C)(C)N(C)c1c(F)cccc1CN. The van der Waals surface area contributed by atoms with Crippen molar-refractivity contribution in [3.63, 3.8) is 0 Å². The second-order valence-corrected chi connectivity index (χ2v) is 4.68. The molecule has 0 radical (unpaired) electrons. The van der Waals surface area contributed by atoms with Crippen LogP contribution in [0.15, 0.2) is 18.2 Å². The van der Waals surface area contributed by atoms with E-state index < -0.39 is 0 Å². The van der Waals surface area contributed by atoms with Gasteiger partial charge in [0.1, 0.15) is 5.82 Å². The molecule has 90 valence electrons. The highest BCUT2D eigenvalue weighted by Crippen LogP contribution is 2.30. The van der Waals surface area contributed by atoms with E-state index in [2.05, 4.69) is 20.8 Å².